The smallest absolute Gasteiger partial charge is 0.173 e. The standard InChI is InChI=1S/C25H35N3O2.BrH/c1-27-14-6-8-24(27)21-7-5-16-28(19-21)15-4-2-3-13-26-18-23-12-10-20-9-11-22(29)17-25(20)30-23;/h5,7,9,11,16-17,19,23-24,26H,2-4,6,8,10,12-15,18H2,1H3;1H/t23?,24-;/m0./s1. The molecule has 5 nitrogen and oxygen atoms in total. The monoisotopic (exact) mass is 489 g/mol. The van der Waals surface area contributed by atoms with Crippen LogP contribution in [0.3, 0.4) is 0 Å². The van der Waals surface area contributed by atoms with Gasteiger partial charge >= 0.3 is 0 Å². The number of fused-ring (bicyclic) bond motifs is 1. The first-order valence-corrected chi connectivity index (χ1v) is 11.6. The first-order chi connectivity index (χ1) is 14.7. The van der Waals surface area contributed by atoms with Crippen LogP contribution in [0.5, 0.6) is 11.5 Å². The van der Waals surface area contributed by atoms with Gasteiger partial charge in [0, 0.05) is 36.7 Å². The van der Waals surface area contributed by atoms with Crippen molar-refractivity contribution >= 4 is 0 Å². The molecule has 0 saturated carbocycles. The van der Waals surface area contributed by atoms with Crippen LogP contribution in [-0.4, -0.2) is 42.8 Å². The number of benzene rings is 1. The Kier molecular flexibility index (Phi) is 9.17. The number of unbranched alkanes of at least 4 members (excludes halogenated alkanes) is 2. The summed E-state index contributed by atoms with van der Waals surface area (Å²) < 4.78 is 8.39. The lowest BCUT2D eigenvalue weighted by Gasteiger charge is -2.26. The van der Waals surface area contributed by atoms with Crippen LogP contribution >= 0.6 is 0 Å². The summed E-state index contributed by atoms with van der Waals surface area (Å²) in [6.07, 6.45) is 13.0. The van der Waals surface area contributed by atoms with Crippen molar-refractivity contribution in [1.29, 1.82) is 0 Å². The number of aromatic hydroxyl groups is 1. The second-order valence-electron chi connectivity index (χ2n) is 8.85. The number of ether oxygens (including phenoxy) is 1. The zero-order valence-corrected chi connectivity index (χ0v) is 20.2. The fourth-order valence-electron chi connectivity index (χ4n) is 4.75. The maximum atomic E-state index is 9.64. The summed E-state index contributed by atoms with van der Waals surface area (Å²) in [6, 6.07) is 10.5. The fraction of sp³-hybridized carbons (Fsp3) is 0.560. The predicted molar refractivity (Wildman–Crippen MR) is 119 cm³/mol. The minimum absolute atomic E-state index is 0. The van der Waals surface area contributed by atoms with E-state index in [4.69, 9.17) is 4.74 Å². The molecule has 1 fully saturated rings. The summed E-state index contributed by atoms with van der Waals surface area (Å²) in [5.74, 6) is 1.12. The Morgan fingerprint density at radius 3 is 2.94 bits per heavy atom. The number of rotatable bonds is 9. The Bertz CT molecular complexity index is 832. The molecule has 6 heteroatoms. The molecule has 4 rings (SSSR count). The zero-order valence-electron chi connectivity index (χ0n) is 18.6. The van der Waals surface area contributed by atoms with Gasteiger partial charge in [0.25, 0.3) is 0 Å². The summed E-state index contributed by atoms with van der Waals surface area (Å²) in [5, 5.41) is 13.2. The van der Waals surface area contributed by atoms with Crippen LogP contribution in [0.2, 0.25) is 0 Å². The number of aryl methyl sites for hydroxylation is 2. The van der Waals surface area contributed by atoms with E-state index in [9.17, 15) is 5.11 Å². The number of nitrogens with one attached hydrogen (secondary N) is 1. The molecule has 2 aromatic rings. The van der Waals surface area contributed by atoms with Crippen molar-refractivity contribution in [1.82, 2.24) is 10.2 Å². The Hall–Kier alpha value is -1.63. The Morgan fingerprint density at radius 1 is 1.19 bits per heavy atom. The van der Waals surface area contributed by atoms with E-state index >= 15 is 0 Å². The molecule has 1 aromatic heterocycles. The number of hydrogen-bond donors (Lipinski definition) is 2. The minimum Gasteiger partial charge on any atom is -1.00 e. The number of aromatic nitrogens is 1. The molecular formula is C25H36BrN3O2. The van der Waals surface area contributed by atoms with Crippen LogP contribution in [0.15, 0.2) is 42.7 Å². The molecule has 170 valence electrons. The number of halogens is 1. The number of hydrogen-bond acceptors (Lipinski definition) is 4. The van der Waals surface area contributed by atoms with Crippen molar-refractivity contribution in [3.8, 4) is 11.5 Å². The largest absolute Gasteiger partial charge is 1.00 e. The Labute approximate surface area is 197 Å². The first-order valence-electron chi connectivity index (χ1n) is 11.6. The van der Waals surface area contributed by atoms with Gasteiger partial charge in [0.2, 0.25) is 0 Å². The molecule has 2 N–H and O–H groups in total. The third-order valence-corrected chi connectivity index (χ3v) is 6.51. The highest BCUT2D eigenvalue weighted by Crippen LogP contribution is 2.31. The van der Waals surface area contributed by atoms with Crippen molar-refractivity contribution in [3.05, 3.63) is 53.9 Å². The molecule has 0 aliphatic carbocycles. The van der Waals surface area contributed by atoms with Gasteiger partial charge in [0.05, 0.1) is 0 Å². The van der Waals surface area contributed by atoms with Crippen molar-refractivity contribution in [2.75, 3.05) is 26.7 Å². The third kappa shape index (κ3) is 6.67. The number of pyridine rings is 1. The summed E-state index contributed by atoms with van der Waals surface area (Å²) in [6.45, 7) is 4.22. The van der Waals surface area contributed by atoms with Crippen molar-refractivity contribution in [3.63, 3.8) is 0 Å². The van der Waals surface area contributed by atoms with Gasteiger partial charge in [-0.1, -0.05) is 6.07 Å². The minimum atomic E-state index is 0. The van der Waals surface area contributed by atoms with Crippen LogP contribution in [-0.2, 0) is 13.0 Å². The Morgan fingerprint density at radius 2 is 2.10 bits per heavy atom. The average molecular weight is 490 g/mol. The van der Waals surface area contributed by atoms with E-state index in [1.165, 1.54) is 49.8 Å². The average Bonchev–Trinajstić information content (AvgIpc) is 3.19. The molecular weight excluding hydrogens is 454 g/mol. The fourth-order valence-corrected chi connectivity index (χ4v) is 4.75. The number of likely N-dealkylation sites (tertiary alicyclic amines) is 1. The van der Waals surface area contributed by atoms with E-state index in [0.29, 0.717) is 6.04 Å². The summed E-state index contributed by atoms with van der Waals surface area (Å²) >= 11 is 0. The van der Waals surface area contributed by atoms with Gasteiger partial charge < -0.3 is 32.1 Å². The molecule has 0 spiro atoms. The van der Waals surface area contributed by atoms with Gasteiger partial charge in [0.1, 0.15) is 24.1 Å². The molecule has 0 amide bonds. The molecule has 1 aromatic carbocycles. The number of phenolic OH excluding ortho intramolecular Hbond substituents is 1. The lowest BCUT2D eigenvalue weighted by Crippen LogP contribution is -3.00. The molecule has 0 radical (unpaired) electrons. The normalized spacial score (nSPS) is 20.7. The van der Waals surface area contributed by atoms with Gasteiger partial charge in [-0.2, -0.15) is 0 Å². The molecule has 31 heavy (non-hydrogen) atoms. The maximum Gasteiger partial charge on any atom is 0.173 e. The molecule has 2 aliphatic heterocycles. The SMILES string of the molecule is CN1CCC[C@H]1c1ccc[n+](CCCCCNCC2CCc3ccc(O)cc3O2)c1.[Br-]. The summed E-state index contributed by atoms with van der Waals surface area (Å²) in [5.41, 5.74) is 2.66. The van der Waals surface area contributed by atoms with E-state index in [1.807, 2.05) is 6.07 Å². The summed E-state index contributed by atoms with van der Waals surface area (Å²) in [7, 11) is 2.24. The molecule has 0 bridgehead atoms. The van der Waals surface area contributed by atoms with Crippen molar-refractivity contribution in [2.24, 2.45) is 0 Å². The molecule has 2 aliphatic rings. The quantitative estimate of drug-likeness (QED) is 0.400. The van der Waals surface area contributed by atoms with Crippen molar-refractivity contribution in [2.45, 2.75) is 63.6 Å². The van der Waals surface area contributed by atoms with E-state index < -0.39 is 0 Å². The topological polar surface area (TPSA) is 48.6 Å². The highest BCUT2D eigenvalue weighted by atomic mass is 79.9. The molecule has 3 heterocycles. The Balaban J connectivity index is 0.00000272. The maximum absolute atomic E-state index is 9.64. The lowest BCUT2D eigenvalue weighted by molar-refractivity contribution is -0.697. The van der Waals surface area contributed by atoms with Gasteiger partial charge in [0.15, 0.2) is 12.4 Å². The van der Waals surface area contributed by atoms with E-state index in [-0.39, 0.29) is 28.8 Å². The van der Waals surface area contributed by atoms with Crippen LogP contribution in [0.1, 0.15) is 55.7 Å². The van der Waals surface area contributed by atoms with Gasteiger partial charge in [-0.05, 0) is 76.4 Å². The number of nitrogens with zero attached hydrogens (tertiary/aromatic N) is 2. The van der Waals surface area contributed by atoms with Gasteiger partial charge in [-0.3, -0.25) is 4.90 Å². The van der Waals surface area contributed by atoms with E-state index in [1.54, 1.807) is 12.1 Å². The van der Waals surface area contributed by atoms with Gasteiger partial charge in [-0.25, -0.2) is 4.57 Å². The highest BCUT2D eigenvalue weighted by molar-refractivity contribution is 5.41. The summed E-state index contributed by atoms with van der Waals surface area (Å²) in [4.78, 5) is 2.47. The van der Waals surface area contributed by atoms with E-state index in [2.05, 4.69) is 46.4 Å². The molecule has 2 atom stereocenters. The van der Waals surface area contributed by atoms with Crippen LogP contribution in [0.4, 0.5) is 0 Å². The molecule has 1 unspecified atom stereocenters. The van der Waals surface area contributed by atoms with Crippen LogP contribution < -0.4 is 31.6 Å². The zero-order chi connectivity index (χ0) is 20.8. The van der Waals surface area contributed by atoms with Crippen molar-refractivity contribution < 1.29 is 31.4 Å². The molecule has 1 saturated heterocycles. The highest BCUT2D eigenvalue weighted by Gasteiger charge is 2.24. The van der Waals surface area contributed by atoms with Crippen LogP contribution in [0, 0.1) is 0 Å². The predicted octanol–water partition coefficient (Wildman–Crippen LogP) is 0.604. The number of phenols is 1. The van der Waals surface area contributed by atoms with E-state index in [0.717, 1.165) is 38.2 Å². The second-order valence-corrected chi connectivity index (χ2v) is 8.85. The lowest BCUT2D eigenvalue weighted by atomic mass is 10.0. The second kappa shape index (κ2) is 11.8. The van der Waals surface area contributed by atoms with Gasteiger partial charge in [-0.15, -0.1) is 0 Å². The van der Waals surface area contributed by atoms with Crippen LogP contribution in [0.25, 0.3) is 0 Å². The third-order valence-electron chi connectivity index (χ3n) is 6.51. The first kappa shape index (κ1) is 24.0.